The third kappa shape index (κ3) is 14.4. The number of alkyl carbamates (subject to hydrolysis) is 1. The van der Waals surface area contributed by atoms with Crippen molar-refractivity contribution < 1.29 is 33.8 Å². The third-order valence-corrected chi connectivity index (χ3v) is 7.56. The molecule has 2 rings (SSSR count). The number of hydrogen-bond donors (Lipinski definition) is 4. The maximum atomic E-state index is 13.3. The second-order valence-corrected chi connectivity index (χ2v) is 11.2. The van der Waals surface area contributed by atoms with E-state index in [0.717, 1.165) is 18.4 Å². The Balaban J connectivity index is 1.87. The fourth-order valence-electron chi connectivity index (χ4n) is 5.08. The van der Waals surface area contributed by atoms with Crippen LogP contribution < -0.4 is 16.0 Å². The lowest BCUT2D eigenvalue weighted by atomic mass is 9.95. The molecule has 1 aliphatic carbocycles. The zero-order valence-corrected chi connectivity index (χ0v) is 25.3. The normalized spacial score (nSPS) is 15.0. The Morgan fingerprint density at radius 1 is 1.00 bits per heavy atom. The number of carbonyl (C=O) groups excluding carboxylic acids is 4. The van der Waals surface area contributed by atoms with Crippen molar-refractivity contribution >= 4 is 23.9 Å². The van der Waals surface area contributed by atoms with Crippen molar-refractivity contribution in [3.05, 3.63) is 61.2 Å². The Bertz CT molecular complexity index is 1020. The molecule has 1 aromatic rings. The number of aliphatic hydroxyl groups is 1. The second kappa shape index (κ2) is 20.3. The van der Waals surface area contributed by atoms with Crippen molar-refractivity contribution in [3.63, 3.8) is 0 Å². The van der Waals surface area contributed by atoms with Crippen LogP contribution in [0.15, 0.2) is 55.6 Å². The van der Waals surface area contributed by atoms with E-state index in [-0.39, 0.29) is 50.4 Å². The number of amides is 3. The van der Waals surface area contributed by atoms with Crippen LogP contribution in [-0.2, 0) is 30.5 Å². The van der Waals surface area contributed by atoms with E-state index in [0.29, 0.717) is 57.9 Å². The van der Waals surface area contributed by atoms with Gasteiger partial charge in [0.2, 0.25) is 11.8 Å². The number of aliphatic hydroxyl groups excluding tert-OH is 1. The molecule has 0 saturated heterocycles. The maximum Gasteiger partial charge on any atom is 0.407 e. The van der Waals surface area contributed by atoms with E-state index in [9.17, 15) is 24.3 Å². The predicted molar refractivity (Wildman–Crippen MR) is 165 cm³/mol. The summed E-state index contributed by atoms with van der Waals surface area (Å²) >= 11 is 0. The van der Waals surface area contributed by atoms with E-state index in [1.54, 1.807) is 12.2 Å². The summed E-state index contributed by atoms with van der Waals surface area (Å²) in [6.45, 7) is 7.85. The first kappa shape index (κ1) is 35.5. The molecule has 238 valence electrons. The summed E-state index contributed by atoms with van der Waals surface area (Å²) < 4.78 is 10.7. The summed E-state index contributed by atoms with van der Waals surface area (Å²) in [5, 5.41) is 18.5. The van der Waals surface area contributed by atoms with Crippen molar-refractivity contribution in [1.29, 1.82) is 0 Å². The third-order valence-electron chi connectivity index (χ3n) is 7.56. The molecule has 1 aromatic carbocycles. The van der Waals surface area contributed by atoms with Crippen molar-refractivity contribution in [1.82, 2.24) is 16.0 Å². The number of rotatable bonds is 21. The highest BCUT2D eigenvalue weighted by atomic mass is 16.5. The zero-order valence-electron chi connectivity index (χ0n) is 25.3. The molecule has 0 bridgehead atoms. The summed E-state index contributed by atoms with van der Waals surface area (Å²) in [6, 6.07) is 8.94. The van der Waals surface area contributed by atoms with Gasteiger partial charge in [-0.25, -0.2) is 4.79 Å². The van der Waals surface area contributed by atoms with Gasteiger partial charge in [0, 0.05) is 19.4 Å². The van der Waals surface area contributed by atoms with E-state index in [1.165, 1.54) is 0 Å². The Morgan fingerprint density at radius 2 is 1.74 bits per heavy atom. The number of allylic oxidation sites excluding steroid dienone is 2. The average molecular weight is 600 g/mol. The van der Waals surface area contributed by atoms with Gasteiger partial charge in [0.1, 0.15) is 13.2 Å². The Morgan fingerprint density at radius 3 is 2.42 bits per heavy atom. The lowest BCUT2D eigenvalue weighted by molar-refractivity contribution is -0.145. The van der Waals surface area contributed by atoms with E-state index < -0.39 is 23.6 Å². The van der Waals surface area contributed by atoms with Crippen LogP contribution >= 0.6 is 0 Å². The van der Waals surface area contributed by atoms with E-state index in [4.69, 9.17) is 9.47 Å². The van der Waals surface area contributed by atoms with Crippen LogP contribution in [0.5, 0.6) is 0 Å². The van der Waals surface area contributed by atoms with Gasteiger partial charge in [-0.3, -0.25) is 14.4 Å². The summed E-state index contributed by atoms with van der Waals surface area (Å²) in [5.74, 6) is -1.61. The molecule has 10 heteroatoms. The van der Waals surface area contributed by atoms with Crippen LogP contribution in [0.25, 0.3) is 0 Å². The number of esters is 1. The number of nitrogens with one attached hydrogen (secondary N) is 3. The SMILES string of the molecule is C=CCCCC(=O)OCC(CCCCNC(=O)OCc1ccccc1)NC(=O)C(CC=C)CC(=O)NC1(CO)CCCC1. The molecular formula is C33H49N3O7. The molecule has 1 aliphatic rings. The first-order valence-electron chi connectivity index (χ1n) is 15.3. The molecule has 0 spiro atoms. The Hall–Kier alpha value is -3.66. The van der Waals surface area contributed by atoms with Gasteiger partial charge in [0.15, 0.2) is 0 Å². The van der Waals surface area contributed by atoms with Crippen LogP contribution in [0.2, 0.25) is 0 Å². The number of carbonyl (C=O) groups is 4. The molecule has 2 atom stereocenters. The smallest absolute Gasteiger partial charge is 0.407 e. The largest absolute Gasteiger partial charge is 0.463 e. The van der Waals surface area contributed by atoms with Gasteiger partial charge in [0.25, 0.3) is 0 Å². The highest BCUT2D eigenvalue weighted by molar-refractivity contribution is 5.86. The number of unbranched alkanes of at least 4 members (excludes halogenated alkanes) is 2. The van der Waals surface area contributed by atoms with Gasteiger partial charge in [0.05, 0.1) is 24.1 Å². The van der Waals surface area contributed by atoms with E-state index >= 15 is 0 Å². The molecule has 0 radical (unpaired) electrons. The van der Waals surface area contributed by atoms with Crippen LogP contribution in [0.1, 0.15) is 82.6 Å². The lowest BCUT2D eigenvalue weighted by Crippen LogP contribution is -2.50. The first-order chi connectivity index (χ1) is 20.8. The molecule has 0 aliphatic heterocycles. The average Bonchev–Trinajstić information content (AvgIpc) is 3.47. The quantitative estimate of drug-likeness (QED) is 0.0928. The lowest BCUT2D eigenvalue weighted by Gasteiger charge is -2.29. The number of hydrogen-bond acceptors (Lipinski definition) is 7. The minimum absolute atomic E-state index is 0.00579. The molecule has 1 saturated carbocycles. The Kier molecular flexibility index (Phi) is 16.8. The van der Waals surface area contributed by atoms with Crippen molar-refractivity contribution in [2.45, 2.75) is 95.2 Å². The van der Waals surface area contributed by atoms with Crippen LogP contribution in [0.4, 0.5) is 4.79 Å². The monoisotopic (exact) mass is 599 g/mol. The van der Waals surface area contributed by atoms with Crippen LogP contribution in [-0.4, -0.2) is 60.3 Å². The van der Waals surface area contributed by atoms with Gasteiger partial charge in [-0.15, -0.1) is 13.2 Å². The minimum atomic E-state index is -0.651. The van der Waals surface area contributed by atoms with Gasteiger partial charge in [-0.2, -0.15) is 0 Å². The topological polar surface area (TPSA) is 143 Å². The highest BCUT2D eigenvalue weighted by Gasteiger charge is 2.35. The van der Waals surface area contributed by atoms with E-state index in [1.807, 2.05) is 30.3 Å². The molecule has 43 heavy (non-hydrogen) atoms. The fourth-order valence-corrected chi connectivity index (χ4v) is 5.08. The van der Waals surface area contributed by atoms with Gasteiger partial charge < -0.3 is 30.5 Å². The summed E-state index contributed by atoms with van der Waals surface area (Å²) in [4.78, 5) is 50.3. The molecular weight excluding hydrogens is 550 g/mol. The van der Waals surface area contributed by atoms with Gasteiger partial charge >= 0.3 is 12.1 Å². The number of benzene rings is 1. The summed E-state index contributed by atoms with van der Waals surface area (Å²) in [6.07, 6.45) is 9.79. The highest BCUT2D eigenvalue weighted by Crippen LogP contribution is 2.29. The molecule has 10 nitrogen and oxygen atoms in total. The minimum Gasteiger partial charge on any atom is -0.463 e. The summed E-state index contributed by atoms with van der Waals surface area (Å²) in [5.41, 5.74) is 0.283. The van der Waals surface area contributed by atoms with E-state index in [2.05, 4.69) is 29.1 Å². The number of ether oxygens (including phenoxy) is 2. The van der Waals surface area contributed by atoms with Crippen LogP contribution in [0.3, 0.4) is 0 Å². The first-order valence-corrected chi connectivity index (χ1v) is 15.3. The van der Waals surface area contributed by atoms with Gasteiger partial charge in [-0.05, 0) is 56.9 Å². The molecule has 2 unspecified atom stereocenters. The molecule has 4 N–H and O–H groups in total. The second-order valence-electron chi connectivity index (χ2n) is 11.2. The van der Waals surface area contributed by atoms with Crippen molar-refractivity contribution in [3.8, 4) is 0 Å². The predicted octanol–water partition coefficient (Wildman–Crippen LogP) is 4.47. The summed E-state index contributed by atoms with van der Waals surface area (Å²) in [7, 11) is 0. The maximum absolute atomic E-state index is 13.3. The van der Waals surface area contributed by atoms with Crippen LogP contribution in [0, 0.1) is 5.92 Å². The molecule has 1 fully saturated rings. The van der Waals surface area contributed by atoms with Crippen molar-refractivity contribution in [2.75, 3.05) is 19.8 Å². The zero-order chi connectivity index (χ0) is 31.3. The molecule has 0 aromatic heterocycles. The van der Waals surface area contributed by atoms with Crippen molar-refractivity contribution in [2.24, 2.45) is 5.92 Å². The van der Waals surface area contributed by atoms with Gasteiger partial charge in [-0.1, -0.05) is 55.3 Å². The standard InChI is InChI=1S/C33H49N3O7/c1-3-5-7-18-30(39)42-24-28(17-10-13-21-34-32(41)43-23-26-15-8-6-9-16-26)35-31(40)27(14-4-2)22-29(38)36-33(25-37)19-11-12-20-33/h3-4,6,8-9,15-16,27-28,37H,1-2,5,7,10-14,17-25H2,(H,34,41)(H,35,40)(H,36,38). The Labute approximate surface area is 255 Å². The molecule has 0 heterocycles. The molecule has 3 amide bonds. The fraction of sp³-hybridized carbons (Fsp3) is 0.576.